The second-order valence-electron chi connectivity index (χ2n) is 5.80. The predicted octanol–water partition coefficient (Wildman–Crippen LogP) is 4.25. The highest BCUT2D eigenvalue weighted by Gasteiger charge is 2.17. The minimum Gasteiger partial charge on any atom is -0.376 e. The summed E-state index contributed by atoms with van der Waals surface area (Å²) in [5.41, 5.74) is 2.75. The van der Waals surface area contributed by atoms with Crippen molar-refractivity contribution in [2.45, 2.75) is 64.5 Å². The van der Waals surface area contributed by atoms with E-state index in [0.717, 1.165) is 19.6 Å². The maximum absolute atomic E-state index is 6.15. The van der Waals surface area contributed by atoms with Crippen LogP contribution in [-0.2, 0) is 11.2 Å². The zero-order chi connectivity index (χ0) is 14.2. The fourth-order valence-corrected chi connectivity index (χ4v) is 2.97. The van der Waals surface area contributed by atoms with E-state index in [1.54, 1.807) is 0 Å². The van der Waals surface area contributed by atoms with Crippen molar-refractivity contribution >= 4 is 0 Å². The Morgan fingerprint density at radius 3 is 2.40 bits per heavy atom. The number of hydrogen-bond acceptors (Lipinski definition) is 2. The Morgan fingerprint density at radius 2 is 1.80 bits per heavy atom. The van der Waals surface area contributed by atoms with Gasteiger partial charge in [0, 0.05) is 0 Å². The van der Waals surface area contributed by atoms with Crippen molar-refractivity contribution in [3.8, 4) is 0 Å². The molecule has 1 N–H and O–H groups in total. The minimum absolute atomic E-state index is 0.327. The third-order valence-corrected chi connectivity index (χ3v) is 4.29. The molecule has 0 bridgehead atoms. The third-order valence-electron chi connectivity index (χ3n) is 4.29. The second-order valence-corrected chi connectivity index (χ2v) is 5.80. The summed E-state index contributed by atoms with van der Waals surface area (Å²) >= 11 is 0. The van der Waals surface area contributed by atoms with Crippen LogP contribution in [0.1, 0.15) is 63.1 Å². The monoisotopic (exact) mass is 275 g/mol. The van der Waals surface area contributed by atoms with Crippen molar-refractivity contribution < 1.29 is 4.74 Å². The Labute approximate surface area is 123 Å². The van der Waals surface area contributed by atoms with Crippen molar-refractivity contribution in [3.63, 3.8) is 0 Å². The van der Waals surface area contributed by atoms with Crippen LogP contribution in [0.4, 0.5) is 0 Å². The maximum Gasteiger partial charge on any atom is 0.0665 e. The fraction of sp³-hybridized carbons (Fsp3) is 0.667. The van der Waals surface area contributed by atoms with E-state index < -0.39 is 0 Å². The van der Waals surface area contributed by atoms with Crippen LogP contribution in [0.5, 0.6) is 0 Å². The molecule has 0 saturated heterocycles. The molecule has 1 aromatic carbocycles. The molecule has 1 unspecified atom stereocenters. The molecule has 0 spiro atoms. The van der Waals surface area contributed by atoms with E-state index in [1.165, 1.54) is 43.2 Å². The van der Waals surface area contributed by atoms with Crippen molar-refractivity contribution in [1.82, 2.24) is 5.32 Å². The largest absolute Gasteiger partial charge is 0.376 e. The lowest BCUT2D eigenvalue weighted by atomic mass is 9.97. The molecule has 0 aromatic heterocycles. The van der Waals surface area contributed by atoms with Crippen LogP contribution in [0.3, 0.4) is 0 Å². The zero-order valence-electron chi connectivity index (χ0n) is 13.0. The second kappa shape index (κ2) is 8.43. The third kappa shape index (κ3) is 4.60. The first kappa shape index (κ1) is 15.5. The van der Waals surface area contributed by atoms with Gasteiger partial charge in [-0.05, 0) is 36.9 Å². The molecule has 112 valence electrons. The number of aryl methyl sites for hydroxylation is 1. The molecule has 1 aliphatic carbocycles. The average Bonchev–Trinajstić information content (AvgIpc) is 2.52. The fourth-order valence-electron chi connectivity index (χ4n) is 2.97. The minimum atomic E-state index is 0.327. The topological polar surface area (TPSA) is 21.3 Å². The van der Waals surface area contributed by atoms with Gasteiger partial charge in [0.15, 0.2) is 0 Å². The first-order valence-electron chi connectivity index (χ1n) is 8.27. The van der Waals surface area contributed by atoms with Gasteiger partial charge >= 0.3 is 0 Å². The number of nitrogens with one attached hydrogen (secondary N) is 1. The summed E-state index contributed by atoms with van der Waals surface area (Å²) in [6, 6.07) is 9.29. The highest BCUT2D eigenvalue weighted by molar-refractivity contribution is 5.25. The number of hydrogen-bond donors (Lipinski definition) is 1. The van der Waals surface area contributed by atoms with E-state index >= 15 is 0 Å². The molecule has 1 saturated carbocycles. The predicted molar refractivity (Wildman–Crippen MR) is 85.1 cm³/mol. The van der Waals surface area contributed by atoms with Crippen LogP contribution in [-0.4, -0.2) is 19.3 Å². The zero-order valence-corrected chi connectivity index (χ0v) is 13.0. The smallest absolute Gasteiger partial charge is 0.0665 e. The molecule has 2 rings (SSSR count). The van der Waals surface area contributed by atoms with Gasteiger partial charge in [-0.25, -0.2) is 0 Å². The van der Waals surface area contributed by atoms with E-state index in [4.69, 9.17) is 4.74 Å². The van der Waals surface area contributed by atoms with Gasteiger partial charge in [0.1, 0.15) is 0 Å². The SMILES string of the molecule is CCNC(COC1CCCCC1)c1ccc(CC)cc1. The average molecular weight is 275 g/mol. The Balaban J connectivity index is 1.90. The van der Waals surface area contributed by atoms with Gasteiger partial charge < -0.3 is 10.1 Å². The summed E-state index contributed by atoms with van der Waals surface area (Å²) in [6.07, 6.45) is 8.13. The van der Waals surface area contributed by atoms with Crippen molar-refractivity contribution in [3.05, 3.63) is 35.4 Å². The highest BCUT2D eigenvalue weighted by Crippen LogP contribution is 2.22. The van der Waals surface area contributed by atoms with Crippen LogP contribution in [0.2, 0.25) is 0 Å². The van der Waals surface area contributed by atoms with E-state index in [1.807, 2.05) is 0 Å². The number of benzene rings is 1. The van der Waals surface area contributed by atoms with Crippen molar-refractivity contribution in [2.24, 2.45) is 0 Å². The lowest BCUT2D eigenvalue weighted by Crippen LogP contribution is -2.28. The summed E-state index contributed by atoms with van der Waals surface area (Å²) in [7, 11) is 0. The van der Waals surface area contributed by atoms with E-state index in [0.29, 0.717) is 12.1 Å². The molecule has 0 radical (unpaired) electrons. The molecule has 1 atom stereocenters. The first-order valence-corrected chi connectivity index (χ1v) is 8.27. The highest BCUT2D eigenvalue weighted by atomic mass is 16.5. The van der Waals surface area contributed by atoms with E-state index in [-0.39, 0.29) is 0 Å². The molecule has 0 amide bonds. The number of likely N-dealkylation sites (N-methyl/N-ethyl adjacent to an activating group) is 1. The Bertz CT molecular complexity index is 368. The summed E-state index contributed by atoms with van der Waals surface area (Å²) in [5, 5.41) is 3.55. The van der Waals surface area contributed by atoms with Gasteiger partial charge in [0.25, 0.3) is 0 Å². The summed E-state index contributed by atoms with van der Waals surface area (Å²) in [5.74, 6) is 0. The molecular weight excluding hydrogens is 246 g/mol. The van der Waals surface area contributed by atoms with Gasteiger partial charge in [0.2, 0.25) is 0 Å². The maximum atomic E-state index is 6.15. The lowest BCUT2D eigenvalue weighted by Gasteiger charge is -2.26. The Hall–Kier alpha value is -0.860. The van der Waals surface area contributed by atoms with Crippen LogP contribution >= 0.6 is 0 Å². The van der Waals surface area contributed by atoms with Gasteiger partial charge in [-0.1, -0.05) is 57.4 Å². The summed E-state index contributed by atoms with van der Waals surface area (Å²) in [6.45, 7) is 6.13. The standard InChI is InChI=1S/C18H29NO/c1-3-15-10-12-16(13-11-15)18(19-4-2)14-20-17-8-6-5-7-9-17/h10-13,17-19H,3-9,14H2,1-2H3. The molecule has 0 heterocycles. The summed E-state index contributed by atoms with van der Waals surface area (Å²) < 4.78 is 6.15. The van der Waals surface area contributed by atoms with E-state index in [9.17, 15) is 0 Å². The van der Waals surface area contributed by atoms with Crippen LogP contribution in [0.25, 0.3) is 0 Å². The molecule has 0 aliphatic heterocycles. The Kier molecular flexibility index (Phi) is 6.55. The molecule has 1 aliphatic rings. The van der Waals surface area contributed by atoms with Crippen LogP contribution in [0, 0.1) is 0 Å². The van der Waals surface area contributed by atoms with E-state index in [2.05, 4.69) is 43.4 Å². The van der Waals surface area contributed by atoms with Crippen molar-refractivity contribution in [2.75, 3.05) is 13.2 Å². The molecule has 1 fully saturated rings. The van der Waals surface area contributed by atoms with Gasteiger partial charge in [-0.2, -0.15) is 0 Å². The van der Waals surface area contributed by atoms with Gasteiger partial charge in [-0.15, -0.1) is 0 Å². The molecule has 1 aromatic rings. The van der Waals surface area contributed by atoms with Crippen molar-refractivity contribution in [1.29, 1.82) is 0 Å². The van der Waals surface area contributed by atoms with Crippen LogP contribution in [0.15, 0.2) is 24.3 Å². The normalized spacial score (nSPS) is 18.1. The lowest BCUT2D eigenvalue weighted by molar-refractivity contribution is 0.0158. The van der Waals surface area contributed by atoms with Crippen LogP contribution < -0.4 is 5.32 Å². The molecule has 2 nitrogen and oxygen atoms in total. The molecule has 20 heavy (non-hydrogen) atoms. The summed E-state index contributed by atoms with van der Waals surface area (Å²) in [4.78, 5) is 0. The first-order chi connectivity index (χ1) is 9.83. The molecular formula is C18H29NO. The van der Waals surface area contributed by atoms with Gasteiger partial charge in [-0.3, -0.25) is 0 Å². The quantitative estimate of drug-likeness (QED) is 0.803. The number of ether oxygens (including phenoxy) is 1. The number of rotatable bonds is 7. The van der Waals surface area contributed by atoms with Gasteiger partial charge in [0.05, 0.1) is 18.8 Å². The Morgan fingerprint density at radius 1 is 1.10 bits per heavy atom. The molecule has 2 heteroatoms.